The van der Waals surface area contributed by atoms with Gasteiger partial charge in [-0.05, 0) is 69.3 Å². The van der Waals surface area contributed by atoms with Crippen molar-refractivity contribution in [2.24, 2.45) is 0 Å². The first-order valence-electron chi connectivity index (χ1n) is 9.20. The summed E-state index contributed by atoms with van der Waals surface area (Å²) in [5.41, 5.74) is 1.74. The molecule has 0 aliphatic heterocycles. The molecular weight excluding hydrogens is 466 g/mol. The minimum atomic E-state index is -0.386. The highest BCUT2D eigenvalue weighted by Gasteiger charge is 2.19. The van der Waals surface area contributed by atoms with Crippen LogP contribution in [0.5, 0.6) is 5.75 Å². The van der Waals surface area contributed by atoms with Gasteiger partial charge in [-0.15, -0.1) is 0 Å². The maximum absolute atomic E-state index is 12.8. The number of nitrogens with one attached hydrogen (secondary N) is 3. The Kier molecular flexibility index (Phi) is 7.02. The molecule has 0 saturated carbocycles. The van der Waals surface area contributed by atoms with Crippen molar-refractivity contribution in [3.63, 3.8) is 0 Å². The minimum absolute atomic E-state index is 0.0611. The number of halogens is 1. The zero-order valence-electron chi connectivity index (χ0n) is 16.4. The van der Waals surface area contributed by atoms with Crippen LogP contribution in [0.15, 0.2) is 59.1 Å². The van der Waals surface area contributed by atoms with Crippen molar-refractivity contribution in [3.8, 4) is 5.75 Å². The summed E-state index contributed by atoms with van der Waals surface area (Å²) in [6.45, 7) is 1.79. The molecule has 0 spiro atoms. The first-order valence-corrected chi connectivity index (χ1v) is 10.4. The van der Waals surface area contributed by atoms with E-state index in [-0.39, 0.29) is 16.9 Å². The van der Waals surface area contributed by atoms with E-state index in [2.05, 4.69) is 31.9 Å². The van der Waals surface area contributed by atoms with Crippen molar-refractivity contribution in [2.75, 3.05) is 17.7 Å². The lowest BCUT2D eigenvalue weighted by atomic mass is 10.1. The Hall–Kier alpha value is -2.97. The van der Waals surface area contributed by atoms with E-state index in [0.717, 1.165) is 10.8 Å². The number of methoxy groups -OCH3 is 1. The molecule has 0 aromatic heterocycles. The van der Waals surface area contributed by atoms with Crippen LogP contribution >= 0.6 is 28.1 Å². The lowest BCUT2D eigenvalue weighted by Crippen LogP contribution is -2.34. The van der Waals surface area contributed by atoms with Gasteiger partial charge in [0.25, 0.3) is 5.91 Å². The summed E-state index contributed by atoms with van der Waals surface area (Å²) in [7, 11) is 1.51. The fraction of sp³-hybridized carbons (Fsp3) is 0.136. The molecule has 0 unspecified atom stereocenters. The van der Waals surface area contributed by atoms with Gasteiger partial charge in [0.1, 0.15) is 5.75 Å². The van der Waals surface area contributed by atoms with Crippen molar-refractivity contribution in [2.45, 2.75) is 13.3 Å². The summed E-state index contributed by atoms with van der Waals surface area (Å²) >= 11 is 8.80. The normalized spacial score (nSPS) is 10.4. The van der Waals surface area contributed by atoms with Crippen LogP contribution in [0.3, 0.4) is 0 Å². The summed E-state index contributed by atoms with van der Waals surface area (Å²) < 4.78 is 6.16. The summed E-state index contributed by atoms with van der Waals surface area (Å²) in [5.74, 6) is -0.0124. The average Bonchev–Trinajstić information content (AvgIpc) is 2.74. The van der Waals surface area contributed by atoms with Crippen LogP contribution in [0.4, 0.5) is 11.4 Å². The highest BCUT2D eigenvalue weighted by molar-refractivity contribution is 9.10. The molecule has 8 heteroatoms. The van der Waals surface area contributed by atoms with Crippen LogP contribution in [0.1, 0.15) is 23.7 Å². The number of hydrogen-bond donors (Lipinski definition) is 3. The number of anilines is 2. The molecular formula is C22H20BrN3O3S. The largest absolute Gasteiger partial charge is 0.495 e. The lowest BCUT2D eigenvalue weighted by molar-refractivity contribution is -0.115. The smallest absolute Gasteiger partial charge is 0.261 e. The molecule has 30 heavy (non-hydrogen) atoms. The number of hydrogen-bond acceptors (Lipinski definition) is 4. The van der Waals surface area contributed by atoms with Crippen molar-refractivity contribution in [3.05, 3.63) is 64.6 Å². The van der Waals surface area contributed by atoms with Crippen LogP contribution < -0.4 is 20.7 Å². The SMILES string of the molecule is CCC(=O)Nc1ccc(NC(=S)NC(=O)c2cc3ccccc3c(Br)c2OC)cc1. The van der Waals surface area contributed by atoms with Crippen molar-refractivity contribution < 1.29 is 14.3 Å². The number of thiocarbonyl (C=S) groups is 1. The molecule has 0 radical (unpaired) electrons. The first kappa shape index (κ1) is 21.7. The summed E-state index contributed by atoms with van der Waals surface area (Å²) in [5, 5.41) is 10.4. The third kappa shape index (κ3) is 4.95. The van der Waals surface area contributed by atoms with E-state index < -0.39 is 0 Å². The third-order valence-electron chi connectivity index (χ3n) is 4.36. The van der Waals surface area contributed by atoms with E-state index >= 15 is 0 Å². The third-order valence-corrected chi connectivity index (χ3v) is 5.36. The zero-order valence-corrected chi connectivity index (χ0v) is 18.8. The number of ether oxygens (including phenoxy) is 1. The van der Waals surface area contributed by atoms with Crippen LogP contribution in [-0.4, -0.2) is 24.0 Å². The van der Waals surface area contributed by atoms with E-state index in [0.29, 0.717) is 33.6 Å². The number of rotatable bonds is 5. The topological polar surface area (TPSA) is 79.5 Å². The predicted octanol–water partition coefficient (Wildman–Crippen LogP) is 5.09. The quantitative estimate of drug-likeness (QED) is 0.438. The van der Waals surface area contributed by atoms with Gasteiger partial charge < -0.3 is 15.4 Å². The summed E-state index contributed by atoms with van der Waals surface area (Å²) in [6.07, 6.45) is 0.407. The molecule has 3 aromatic carbocycles. The maximum Gasteiger partial charge on any atom is 0.261 e. The minimum Gasteiger partial charge on any atom is -0.495 e. The van der Waals surface area contributed by atoms with E-state index in [1.54, 1.807) is 37.3 Å². The second-order valence-corrected chi connectivity index (χ2v) is 7.58. The van der Waals surface area contributed by atoms with Gasteiger partial charge in [0.05, 0.1) is 17.1 Å². The standard InChI is InChI=1S/C22H20BrN3O3S/c1-3-18(27)24-14-8-10-15(11-9-14)25-22(30)26-21(28)17-12-13-6-4-5-7-16(13)19(23)20(17)29-2/h4-12H,3H2,1-2H3,(H,24,27)(H2,25,26,28,30). The number of fused-ring (bicyclic) bond motifs is 1. The van der Waals surface area contributed by atoms with Crippen LogP contribution in [0, 0.1) is 0 Å². The van der Waals surface area contributed by atoms with E-state index in [4.69, 9.17) is 17.0 Å². The molecule has 0 fully saturated rings. The van der Waals surface area contributed by atoms with Gasteiger partial charge >= 0.3 is 0 Å². The molecule has 6 nitrogen and oxygen atoms in total. The summed E-state index contributed by atoms with van der Waals surface area (Å²) in [4.78, 5) is 24.3. The Bertz CT molecular complexity index is 1120. The number of carbonyl (C=O) groups excluding carboxylic acids is 2. The monoisotopic (exact) mass is 485 g/mol. The number of amides is 2. The zero-order chi connectivity index (χ0) is 21.7. The second-order valence-electron chi connectivity index (χ2n) is 6.38. The molecule has 3 N–H and O–H groups in total. The fourth-order valence-electron chi connectivity index (χ4n) is 2.87. The number of benzene rings is 3. The Labute approximate surface area is 188 Å². The molecule has 3 rings (SSSR count). The molecule has 2 amide bonds. The highest BCUT2D eigenvalue weighted by atomic mass is 79.9. The molecule has 3 aromatic rings. The molecule has 0 aliphatic carbocycles. The average molecular weight is 486 g/mol. The van der Waals surface area contributed by atoms with Gasteiger partial charge in [-0.25, -0.2) is 0 Å². The predicted molar refractivity (Wildman–Crippen MR) is 127 cm³/mol. The summed E-state index contributed by atoms with van der Waals surface area (Å²) in [6, 6.07) is 16.5. The molecule has 0 heterocycles. The molecule has 0 atom stereocenters. The Morgan fingerprint density at radius 2 is 1.67 bits per heavy atom. The van der Waals surface area contributed by atoms with E-state index in [9.17, 15) is 9.59 Å². The molecule has 154 valence electrons. The van der Waals surface area contributed by atoms with Gasteiger partial charge in [0.15, 0.2) is 5.11 Å². The lowest BCUT2D eigenvalue weighted by Gasteiger charge is -2.15. The van der Waals surface area contributed by atoms with Crippen molar-refractivity contribution in [1.82, 2.24) is 5.32 Å². The van der Waals surface area contributed by atoms with Gasteiger partial charge in [0, 0.05) is 17.8 Å². The van der Waals surface area contributed by atoms with Crippen molar-refractivity contribution >= 4 is 67.2 Å². The van der Waals surface area contributed by atoms with Gasteiger partial charge in [-0.3, -0.25) is 14.9 Å². The number of carbonyl (C=O) groups is 2. The molecule has 0 aliphatic rings. The maximum atomic E-state index is 12.8. The van der Waals surface area contributed by atoms with Gasteiger partial charge in [-0.1, -0.05) is 31.2 Å². The Morgan fingerprint density at radius 3 is 2.30 bits per heavy atom. The van der Waals surface area contributed by atoms with Gasteiger partial charge in [0.2, 0.25) is 5.91 Å². The van der Waals surface area contributed by atoms with E-state index in [1.807, 2.05) is 24.3 Å². The van der Waals surface area contributed by atoms with Crippen LogP contribution in [0.2, 0.25) is 0 Å². The Balaban J connectivity index is 1.73. The van der Waals surface area contributed by atoms with Crippen LogP contribution in [-0.2, 0) is 4.79 Å². The Morgan fingerprint density at radius 1 is 1.03 bits per heavy atom. The molecule has 0 bridgehead atoms. The van der Waals surface area contributed by atoms with E-state index in [1.165, 1.54) is 7.11 Å². The first-order chi connectivity index (χ1) is 14.4. The second kappa shape index (κ2) is 9.69. The van der Waals surface area contributed by atoms with Gasteiger partial charge in [-0.2, -0.15) is 0 Å². The van der Waals surface area contributed by atoms with Crippen molar-refractivity contribution in [1.29, 1.82) is 0 Å². The fourth-order valence-corrected chi connectivity index (χ4v) is 3.82. The highest BCUT2D eigenvalue weighted by Crippen LogP contribution is 2.36. The molecule has 0 saturated heterocycles. The van der Waals surface area contributed by atoms with Crippen LogP contribution in [0.25, 0.3) is 10.8 Å².